The Kier molecular flexibility index (Phi) is 5.41. The van der Waals surface area contributed by atoms with Gasteiger partial charge in [-0.15, -0.1) is 0 Å². The molecule has 2 amide bonds. The summed E-state index contributed by atoms with van der Waals surface area (Å²) in [5.41, 5.74) is 0.645. The van der Waals surface area contributed by atoms with E-state index in [1.165, 1.54) is 0 Å². The van der Waals surface area contributed by atoms with Crippen LogP contribution < -0.4 is 10.1 Å². The number of likely N-dealkylation sites (tertiary alicyclic amines) is 1. The molecule has 1 fully saturated rings. The average Bonchev–Trinajstić information content (AvgIpc) is 2.53. The zero-order valence-corrected chi connectivity index (χ0v) is 12.3. The van der Waals surface area contributed by atoms with Crippen molar-refractivity contribution in [2.24, 2.45) is 5.92 Å². The van der Waals surface area contributed by atoms with Gasteiger partial charge in [-0.3, -0.25) is 4.79 Å². The number of piperidine rings is 1. The quantitative estimate of drug-likeness (QED) is 0.820. The van der Waals surface area contributed by atoms with E-state index in [2.05, 4.69) is 11.9 Å². The van der Waals surface area contributed by atoms with Crippen LogP contribution in [0.4, 0.5) is 10.5 Å². The van der Waals surface area contributed by atoms with Crippen molar-refractivity contribution in [1.29, 1.82) is 0 Å². The second-order valence-electron chi connectivity index (χ2n) is 5.16. The SMILES string of the molecule is C=CCOc1cccc(NC(=O)N2CCC(C(=O)O)CC2)c1. The lowest BCUT2D eigenvalue weighted by molar-refractivity contribution is -0.143. The predicted octanol–water partition coefficient (Wildman–Crippen LogP) is 2.58. The fourth-order valence-electron chi connectivity index (χ4n) is 2.35. The molecule has 1 heterocycles. The number of hydrogen-bond donors (Lipinski definition) is 2. The Labute approximate surface area is 129 Å². The third-order valence-electron chi connectivity index (χ3n) is 3.58. The number of anilines is 1. The highest BCUT2D eigenvalue weighted by Gasteiger charge is 2.26. The van der Waals surface area contributed by atoms with Gasteiger partial charge in [0.2, 0.25) is 0 Å². The number of urea groups is 1. The van der Waals surface area contributed by atoms with E-state index in [0.29, 0.717) is 44.0 Å². The summed E-state index contributed by atoms with van der Waals surface area (Å²) < 4.78 is 5.42. The third-order valence-corrected chi connectivity index (χ3v) is 3.58. The summed E-state index contributed by atoms with van der Waals surface area (Å²) in [5.74, 6) is -0.478. The second kappa shape index (κ2) is 7.49. The molecule has 2 rings (SSSR count). The lowest BCUT2D eigenvalue weighted by atomic mass is 9.97. The minimum Gasteiger partial charge on any atom is -0.489 e. The number of ether oxygens (including phenoxy) is 1. The van der Waals surface area contributed by atoms with Crippen LogP contribution in [0.5, 0.6) is 5.75 Å². The van der Waals surface area contributed by atoms with Crippen molar-refractivity contribution in [3.63, 3.8) is 0 Å². The van der Waals surface area contributed by atoms with E-state index in [1.807, 2.05) is 0 Å². The van der Waals surface area contributed by atoms with Crippen LogP contribution in [0.2, 0.25) is 0 Å². The number of nitrogens with one attached hydrogen (secondary N) is 1. The lowest BCUT2D eigenvalue weighted by Gasteiger charge is -2.30. The first-order valence-corrected chi connectivity index (χ1v) is 7.22. The molecule has 6 heteroatoms. The van der Waals surface area contributed by atoms with Crippen molar-refractivity contribution in [1.82, 2.24) is 4.90 Å². The van der Waals surface area contributed by atoms with E-state index in [-0.39, 0.29) is 11.9 Å². The number of amides is 2. The van der Waals surface area contributed by atoms with Gasteiger partial charge in [0, 0.05) is 24.8 Å². The van der Waals surface area contributed by atoms with Crippen molar-refractivity contribution in [2.75, 3.05) is 25.0 Å². The first-order valence-electron chi connectivity index (χ1n) is 7.22. The molecule has 118 valence electrons. The van der Waals surface area contributed by atoms with Crippen LogP contribution in [0.3, 0.4) is 0 Å². The van der Waals surface area contributed by atoms with Crippen LogP contribution in [0.25, 0.3) is 0 Å². The van der Waals surface area contributed by atoms with E-state index >= 15 is 0 Å². The van der Waals surface area contributed by atoms with Crippen LogP contribution in [0.1, 0.15) is 12.8 Å². The number of carbonyl (C=O) groups is 2. The van der Waals surface area contributed by atoms with E-state index in [0.717, 1.165) is 0 Å². The van der Waals surface area contributed by atoms with Crippen molar-refractivity contribution < 1.29 is 19.4 Å². The molecule has 0 atom stereocenters. The van der Waals surface area contributed by atoms with Crippen LogP contribution in [0, 0.1) is 5.92 Å². The molecular formula is C16H20N2O4. The molecule has 0 aromatic heterocycles. The van der Waals surface area contributed by atoms with Gasteiger partial charge in [-0.1, -0.05) is 18.7 Å². The summed E-state index contributed by atoms with van der Waals surface area (Å²) >= 11 is 0. The maximum atomic E-state index is 12.2. The Morgan fingerprint density at radius 1 is 1.41 bits per heavy atom. The molecule has 1 aliphatic rings. The molecule has 1 saturated heterocycles. The maximum absolute atomic E-state index is 12.2. The Morgan fingerprint density at radius 2 is 2.14 bits per heavy atom. The molecule has 0 saturated carbocycles. The largest absolute Gasteiger partial charge is 0.489 e. The molecule has 22 heavy (non-hydrogen) atoms. The van der Waals surface area contributed by atoms with E-state index in [1.54, 1.807) is 35.2 Å². The van der Waals surface area contributed by atoms with E-state index in [9.17, 15) is 9.59 Å². The number of carboxylic acid groups (broad SMARTS) is 1. The van der Waals surface area contributed by atoms with Gasteiger partial charge in [0.1, 0.15) is 12.4 Å². The molecule has 0 spiro atoms. The van der Waals surface area contributed by atoms with E-state index < -0.39 is 5.97 Å². The maximum Gasteiger partial charge on any atom is 0.321 e. The Hall–Kier alpha value is -2.50. The van der Waals surface area contributed by atoms with Crippen LogP contribution >= 0.6 is 0 Å². The van der Waals surface area contributed by atoms with Gasteiger partial charge >= 0.3 is 12.0 Å². The monoisotopic (exact) mass is 304 g/mol. The van der Waals surface area contributed by atoms with Gasteiger partial charge < -0.3 is 20.1 Å². The summed E-state index contributed by atoms with van der Waals surface area (Å²) in [4.78, 5) is 24.7. The van der Waals surface area contributed by atoms with Gasteiger partial charge in [0.05, 0.1) is 5.92 Å². The molecule has 0 bridgehead atoms. The van der Waals surface area contributed by atoms with Crippen LogP contribution in [-0.2, 0) is 4.79 Å². The van der Waals surface area contributed by atoms with Gasteiger partial charge in [-0.2, -0.15) is 0 Å². The Balaban J connectivity index is 1.89. The zero-order valence-electron chi connectivity index (χ0n) is 12.3. The molecule has 6 nitrogen and oxygen atoms in total. The number of carbonyl (C=O) groups excluding carboxylic acids is 1. The van der Waals surface area contributed by atoms with E-state index in [4.69, 9.17) is 9.84 Å². The minimum atomic E-state index is -0.785. The average molecular weight is 304 g/mol. The highest BCUT2D eigenvalue weighted by Crippen LogP contribution is 2.20. The van der Waals surface area contributed by atoms with Gasteiger partial charge in [-0.25, -0.2) is 4.79 Å². The summed E-state index contributed by atoms with van der Waals surface area (Å²) in [6, 6.07) is 6.90. The third kappa shape index (κ3) is 4.25. The topological polar surface area (TPSA) is 78.9 Å². The highest BCUT2D eigenvalue weighted by atomic mass is 16.5. The molecule has 1 aliphatic heterocycles. The standard InChI is InChI=1S/C16H20N2O4/c1-2-10-22-14-5-3-4-13(11-14)17-16(21)18-8-6-12(7-9-18)15(19)20/h2-5,11-12H,1,6-10H2,(H,17,21)(H,19,20). The second-order valence-corrected chi connectivity index (χ2v) is 5.16. The van der Waals surface area contributed by atoms with Crippen molar-refractivity contribution in [3.8, 4) is 5.75 Å². The Morgan fingerprint density at radius 3 is 2.77 bits per heavy atom. The number of nitrogens with zero attached hydrogens (tertiary/aromatic N) is 1. The smallest absolute Gasteiger partial charge is 0.321 e. The van der Waals surface area contributed by atoms with Crippen molar-refractivity contribution >= 4 is 17.7 Å². The summed E-state index contributed by atoms with van der Waals surface area (Å²) in [6.07, 6.45) is 2.63. The van der Waals surface area contributed by atoms with Crippen LogP contribution in [0.15, 0.2) is 36.9 Å². The van der Waals surface area contributed by atoms with Crippen molar-refractivity contribution in [2.45, 2.75) is 12.8 Å². The molecular weight excluding hydrogens is 284 g/mol. The normalized spacial score (nSPS) is 15.2. The summed E-state index contributed by atoms with van der Waals surface area (Å²) in [5, 5.41) is 11.8. The molecule has 1 aromatic carbocycles. The molecule has 0 aliphatic carbocycles. The highest BCUT2D eigenvalue weighted by molar-refractivity contribution is 5.89. The minimum absolute atomic E-state index is 0.218. The summed E-state index contributed by atoms with van der Waals surface area (Å²) in [7, 11) is 0. The fraction of sp³-hybridized carbons (Fsp3) is 0.375. The zero-order chi connectivity index (χ0) is 15.9. The first kappa shape index (κ1) is 15.9. The molecule has 0 radical (unpaired) electrons. The number of aliphatic carboxylic acids is 1. The molecule has 0 unspecified atom stereocenters. The van der Waals surface area contributed by atoms with Crippen molar-refractivity contribution in [3.05, 3.63) is 36.9 Å². The van der Waals surface area contributed by atoms with Gasteiger partial charge in [-0.05, 0) is 25.0 Å². The summed E-state index contributed by atoms with van der Waals surface area (Å²) in [6.45, 7) is 4.89. The predicted molar refractivity (Wildman–Crippen MR) is 83.1 cm³/mol. The fourth-order valence-corrected chi connectivity index (χ4v) is 2.35. The molecule has 1 aromatic rings. The number of benzene rings is 1. The number of rotatable bonds is 5. The van der Waals surface area contributed by atoms with Gasteiger partial charge in [0.15, 0.2) is 0 Å². The Bertz CT molecular complexity index is 551. The number of carboxylic acids is 1. The molecule has 2 N–H and O–H groups in total. The van der Waals surface area contributed by atoms with Gasteiger partial charge in [0.25, 0.3) is 0 Å². The van der Waals surface area contributed by atoms with Crippen LogP contribution in [-0.4, -0.2) is 41.7 Å². The lowest BCUT2D eigenvalue weighted by Crippen LogP contribution is -2.42. The number of hydrogen-bond acceptors (Lipinski definition) is 3. The first-order chi connectivity index (χ1) is 10.6.